The van der Waals surface area contributed by atoms with Crippen LogP contribution in [0.2, 0.25) is 0 Å². The van der Waals surface area contributed by atoms with Crippen LogP contribution < -0.4 is 16.4 Å². The van der Waals surface area contributed by atoms with Crippen molar-refractivity contribution in [3.05, 3.63) is 83.8 Å². The Labute approximate surface area is 181 Å². The Kier molecular flexibility index (Phi) is 8.06. The molecule has 1 amide bonds. The molecule has 7 heteroatoms. The van der Waals surface area contributed by atoms with Gasteiger partial charge >= 0.3 is 0 Å². The Balaban J connectivity index is 0.00000280. The largest absolute Gasteiger partial charge is 0.459 e. The molecular formula is C21H23IN4O2. The summed E-state index contributed by atoms with van der Waals surface area (Å²) < 4.78 is 5.09. The van der Waals surface area contributed by atoms with Crippen LogP contribution in [0.4, 0.5) is 11.4 Å². The number of hydrogen-bond donors (Lipinski definition) is 3. The molecule has 0 unspecified atom stereocenters. The van der Waals surface area contributed by atoms with Crippen LogP contribution in [-0.2, 0) is 13.0 Å². The van der Waals surface area contributed by atoms with Gasteiger partial charge in [0, 0.05) is 11.4 Å². The minimum absolute atomic E-state index is 0. The van der Waals surface area contributed by atoms with Gasteiger partial charge in [-0.25, -0.2) is 4.99 Å². The molecule has 0 aliphatic heterocycles. The Bertz CT molecular complexity index is 939. The van der Waals surface area contributed by atoms with Gasteiger partial charge in [-0.3, -0.25) is 4.79 Å². The molecule has 0 atom stereocenters. The fraction of sp³-hybridized carbons (Fsp3) is 0.143. The molecule has 1 heterocycles. The summed E-state index contributed by atoms with van der Waals surface area (Å²) in [6.07, 6.45) is 2.43. The van der Waals surface area contributed by atoms with Crippen LogP contribution in [-0.4, -0.2) is 11.9 Å². The summed E-state index contributed by atoms with van der Waals surface area (Å²) in [5.41, 5.74) is 9.73. The number of benzene rings is 2. The third-order valence-corrected chi connectivity index (χ3v) is 3.97. The number of nitrogens with two attached hydrogens (primary N) is 1. The SMILES string of the molecule is CCc1cccc(NC(N)=NCc2cccc(NC(=O)c3ccco3)c2)c1.I. The molecule has 0 bridgehead atoms. The maximum absolute atomic E-state index is 12.0. The molecule has 28 heavy (non-hydrogen) atoms. The smallest absolute Gasteiger partial charge is 0.291 e. The summed E-state index contributed by atoms with van der Waals surface area (Å²) in [4.78, 5) is 16.4. The van der Waals surface area contributed by atoms with Gasteiger partial charge in [-0.1, -0.05) is 31.2 Å². The lowest BCUT2D eigenvalue weighted by atomic mass is 10.1. The minimum Gasteiger partial charge on any atom is -0.459 e. The topological polar surface area (TPSA) is 92.6 Å². The zero-order chi connectivity index (χ0) is 19.1. The lowest BCUT2D eigenvalue weighted by Gasteiger charge is -2.08. The molecule has 1 aromatic heterocycles. The summed E-state index contributed by atoms with van der Waals surface area (Å²) in [6, 6.07) is 18.8. The van der Waals surface area contributed by atoms with E-state index in [2.05, 4.69) is 28.6 Å². The number of carbonyl (C=O) groups is 1. The fourth-order valence-electron chi connectivity index (χ4n) is 2.58. The van der Waals surface area contributed by atoms with E-state index in [0.29, 0.717) is 18.2 Å². The number of hydrogen-bond acceptors (Lipinski definition) is 3. The van der Waals surface area contributed by atoms with E-state index in [0.717, 1.165) is 17.7 Å². The standard InChI is InChI=1S/C21H22N4O2.HI/c1-2-15-6-3-9-18(12-15)25-21(22)23-14-16-7-4-8-17(13-16)24-20(26)19-10-5-11-27-19;/h3-13H,2,14H2,1H3,(H,24,26)(H3,22,23,25);1H. The third-order valence-electron chi connectivity index (χ3n) is 3.97. The predicted molar refractivity (Wildman–Crippen MR) is 123 cm³/mol. The number of amides is 1. The number of furan rings is 1. The number of aryl methyl sites for hydroxylation is 1. The van der Waals surface area contributed by atoms with Crippen LogP contribution in [0.15, 0.2) is 76.3 Å². The van der Waals surface area contributed by atoms with Crippen molar-refractivity contribution in [2.24, 2.45) is 10.7 Å². The molecule has 0 saturated heterocycles. The molecule has 6 nitrogen and oxygen atoms in total. The van der Waals surface area contributed by atoms with Gasteiger partial charge in [0.1, 0.15) is 0 Å². The van der Waals surface area contributed by atoms with Gasteiger partial charge in [-0.2, -0.15) is 0 Å². The summed E-state index contributed by atoms with van der Waals surface area (Å²) in [5.74, 6) is 0.312. The van der Waals surface area contributed by atoms with Gasteiger partial charge in [0.2, 0.25) is 0 Å². The van der Waals surface area contributed by atoms with Crippen LogP contribution in [0.1, 0.15) is 28.6 Å². The van der Waals surface area contributed by atoms with Crippen LogP contribution in [0.5, 0.6) is 0 Å². The van der Waals surface area contributed by atoms with Crippen LogP contribution in [0.25, 0.3) is 0 Å². The predicted octanol–water partition coefficient (Wildman–Crippen LogP) is 4.64. The van der Waals surface area contributed by atoms with Crippen molar-refractivity contribution >= 4 is 47.2 Å². The molecule has 0 aliphatic carbocycles. The average molecular weight is 490 g/mol. The van der Waals surface area contributed by atoms with Gasteiger partial charge in [0.25, 0.3) is 5.91 Å². The molecule has 3 aromatic rings. The molecule has 0 aliphatic rings. The molecule has 3 rings (SSSR count). The highest BCUT2D eigenvalue weighted by atomic mass is 127. The van der Waals surface area contributed by atoms with Crippen molar-refractivity contribution in [1.29, 1.82) is 0 Å². The summed E-state index contributed by atoms with van der Waals surface area (Å²) in [7, 11) is 0. The highest BCUT2D eigenvalue weighted by Gasteiger charge is 2.08. The first-order valence-corrected chi connectivity index (χ1v) is 8.73. The molecule has 0 saturated carbocycles. The van der Waals surface area contributed by atoms with Crippen molar-refractivity contribution in [1.82, 2.24) is 0 Å². The van der Waals surface area contributed by atoms with E-state index in [4.69, 9.17) is 10.2 Å². The van der Waals surface area contributed by atoms with E-state index in [9.17, 15) is 4.79 Å². The number of nitrogens with one attached hydrogen (secondary N) is 2. The number of guanidine groups is 1. The highest BCUT2D eigenvalue weighted by Crippen LogP contribution is 2.14. The van der Waals surface area contributed by atoms with Crippen molar-refractivity contribution in [2.45, 2.75) is 19.9 Å². The third kappa shape index (κ3) is 6.12. The monoisotopic (exact) mass is 490 g/mol. The molecule has 0 spiro atoms. The van der Waals surface area contributed by atoms with Gasteiger partial charge in [-0.15, -0.1) is 24.0 Å². The number of anilines is 2. The second kappa shape index (κ2) is 10.5. The summed E-state index contributed by atoms with van der Waals surface area (Å²) in [5, 5.41) is 5.89. The Morgan fingerprint density at radius 2 is 1.68 bits per heavy atom. The van der Waals surface area contributed by atoms with Crippen LogP contribution in [0.3, 0.4) is 0 Å². The second-order valence-corrected chi connectivity index (χ2v) is 6.01. The minimum atomic E-state index is -0.294. The number of rotatable bonds is 6. The summed E-state index contributed by atoms with van der Waals surface area (Å²) in [6.45, 7) is 2.50. The molecule has 0 fully saturated rings. The Hall–Kier alpha value is -2.81. The van der Waals surface area contributed by atoms with E-state index in [-0.39, 0.29) is 35.6 Å². The molecular weight excluding hydrogens is 467 g/mol. The Morgan fingerprint density at radius 1 is 1.00 bits per heavy atom. The first-order chi connectivity index (χ1) is 13.1. The molecule has 146 valence electrons. The second-order valence-electron chi connectivity index (χ2n) is 6.01. The number of halogens is 1. The van der Waals surface area contributed by atoms with Gasteiger partial charge in [-0.05, 0) is 53.9 Å². The number of nitrogens with zero attached hydrogens (tertiary/aromatic N) is 1. The Morgan fingerprint density at radius 3 is 2.36 bits per heavy atom. The fourth-order valence-corrected chi connectivity index (χ4v) is 2.58. The van der Waals surface area contributed by atoms with Crippen LogP contribution >= 0.6 is 24.0 Å². The van der Waals surface area contributed by atoms with E-state index in [1.807, 2.05) is 42.5 Å². The highest BCUT2D eigenvalue weighted by molar-refractivity contribution is 14.0. The maximum Gasteiger partial charge on any atom is 0.291 e. The van der Waals surface area contributed by atoms with Gasteiger partial charge in [0.05, 0.1) is 12.8 Å². The lowest BCUT2D eigenvalue weighted by molar-refractivity contribution is 0.0996. The van der Waals surface area contributed by atoms with Crippen LogP contribution in [0, 0.1) is 0 Å². The molecule has 2 aromatic carbocycles. The van der Waals surface area contributed by atoms with E-state index in [1.54, 1.807) is 12.1 Å². The van der Waals surface area contributed by atoms with Crippen molar-refractivity contribution in [2.75, 3.05) is 10.6 Å². The lowest BCUT2D eigenvalue weighted by Crippen LogP contribution is -2.22. The van der Waals surface area contributed by atoms with Crippen molar-refractivity contribution in [3.8, 4) is 0 Å². The molecule has 4 N–H and O–H groups in total. The van der Waals surface area contributed by atoms with E-state index < -0.39 is 0 Å². The first kappa shape index (κ1) is 21.5. The molecule has 0 radical (unpaired) electrons. The normalized spacial score (nSPS) is 10.8. The first-order valence-electron chi connectivity index (χ1n) is 8.73. The zero-order valence-corrected chi connectivity index (χ0v) is 17.8. The van der Waals surface area contributed by atoms with Crippen molar-refractivity contribution < 1.29 is 9.21 Å². The van der Waals surface area contributed by atoms with E-state index in [1.165, 1.54) is 11.8 Å². The van der Waals surface area contributed by atoms with Gasteiger partial charge < -0.3 is 20.8 Å². The van der Waals surface area contributed by atoms with Crippen molar-refractivity contribution in [3.63, 3.8) is 0 Å². The number of aliphatic imine (C=N–C) groups is 1. The summed E-state index contributed by atoms with van der Waals surface area (Å²) >= 11 is 0. The number of carbonyl (C=O) groups excluding carboxylic acids is 1. The van der Waals surface area contributed by atoms with E-state index >= 15 is 0 Å². The average Bonchev–Trinajstić information content (AvgIpc) is 3.22. The maximum atomic E-state index is 12.0. The van der Waals surface area contributed by atoms with Gasteiger partial charge in [0.15, 0.2) is 11.7 Å². The quantitative estimate of drug-likeness (QED) is 0.267. The zero-order valence-electron chi connectivity index (χ0n) is 15.5.